The molecule has 3 heterocycles. The van der Waals surface area contributed by atoms with Crippen LogP contribution in [0.4, 0.5) is 11.5 Å². The van der Waals surface area contributed by atoms with Crippen molar-refractivity contribution in [3.05, 3.63) is 50.3 Å². The number of nitro groups is 1. The molecule has 0 saturated carbocycles. The summed E-state index contributed by atoms with van der Waals surface area (Å²) in [7, 11) is 0. The molecule has 1 aliphatic rings. The van der Waals surface area contributed by atoms with E-state index >= 15 is 0 Å². The molecule has 0 unspecified atom stereocenters. The van der Waals surface area contributed by atoms with E-state index < -0.39 is 4.92 Å². The van der Waals surface area contributed by atoms with Crippen molar-refractivity contribution in [1.82, 2.24) is 4.98 Å². The number of thiophene rings is 1. The molecule has 0 spiro atoms. The maximum atomic E-state index is 11.9. The Bertz CT molecular complexity index is 707. The summed E-state index contributed by atoms with van der Waals surface area (Å²) in [5, 5.41) is 15.2. The Balaban J connectivity index is 2.12. The summed E-state index contributed by atoms with van der Waals surface area (Å²) in [5.74, 6) is 0.0646. The molecule has 0 aliphatic carbocycles. The second-order valence-electron chi connectivity index (χ2n) is 3.87. The number of aromatic nitrogens is 1. The van der Waals surface area contributed by atoms with Gasteiger partial charge >= 0.3 is 0 Å². The van der Waals surface area contributed by atoms with Crippen LogP contribution in [0.3, 0.4) is 0 Å². The van der Waals surface area contributed by atoms with Crippen molar-refractivity contribution in [2.75, 3.05) is 5.32 Å². The average Bonchev–Trinajstić information content (AvgIpc) is 2.98. The molecule has 1 aliphatic heterocycles. The molecule has 2 aromatic heterocycles. The lowest BCUT2D eigenvalue weighted by Crippen LogP contribution is -2.04. The fourth-order valence-corrected chi connectivity index (χ4v) is 2.47. The van der Waals surface area contributed by atoms with E-state index in [0.29, 0.717) is 17.0 Å². The molecular formula is C12H7N3O3S. The van der Waals surface area contributed by atoms with E-state index in [2.05, 4.69) is 10.3 Å². The SMILES string of the molecule is O=C1Nc2ncc([N+](=O)[O-])cc2C1=Cc1cccs1. The third-order valence-electron chi connectivity index (χ3n) is 2.68. The molecule has 1 amide bonds. The smallest absolute Gasteiger partial charge is 0.288 e. The molecule has 94 valence electrons. The number of pyridine rings is 1. The molecular weight excluding hydrogens is 266 g/mol. The summed E-state index contributed by atoms with van der Waals surface area (Å²) in [5.41, 5.74) is 0.730. The van der Waals surface area contributed by atoms with Gasteiger partial charge in [0.05, 0.1) is 10.5 Å². The van der Waals surface area contributed by atoms with E-state index in [-0.39, 0.29) is 11.6 Å². The molecule has 0 atom stereocenters. The number of rotatable bonds is 2. The number of anilines is 1. The molecule has 6 nitrogen and oxygen atoms in total. The number of carbonyl (C=O) groups excluding carboxylic acids is 1. The van der Waals surface area contributed by atoms with E-state index in [1.165, 1.54) is 17.4 Å². The number of fused-ring (bicyclic) bond motifs is 1. The minimum atomic E-state index is -0.529. The first kappa shape index (κ1) is 11.5. The van der Waals surface area contributed by atoms with Crippen molar-refractivity contribution < 1.29 is 9.72 Å². The van der Waals surface area contributed by atoms with Crippen molar-refractivity contribution in [2.24, 2.45) is 0 Å². The number of amides is 1. The largest absolute Gasteiger partial charge is 0.306 e. The van der Waals surface area contributed by atoms with Crippen LogP contribution in [0.2, 0.25) is 0 Å². The van der Waals surface area contributed by atoms with Crippen LogP contribution >= 0.6 is 11.3 Å². The number of hydrogen-bond acceptors (Lipinski definition) is 5. The van der Waals surface area contributed by atoms with Gasteiger partial charge in [-0.05, 0) is 17.5 Å². The van der Waals surface area contributed by atoms with Gasteiger partial charge < -0.3 is 5.32 Å². The van der Waals surface area contributed by atoms with E-state index in [4.69, 9.17) is 0 Å². The van der Waals surface area contributed by atoms with Gasteiger partial charge in [0, 0.05) is 16.5 Å². The summed E-state index contributed by atoms with van der Waals surface area (Å²) in [4.78, 5) is 26.9. The number of nitrogens with zero attached hydrogens (tertiary/aromatic N) is 2. The van der Waals surface area contributed by atoms with Gasteiger partial charge in [0.2, 0.25) is 0 Å². The first-order valence-electron chi connectivity index (χ1n) is 5.36. The van der Waals surface area contributed by atoms with Crippen LogP contribution in [0.25, 0.3) is 11.6 Å². The molecule has 3 rings (SSSR count). The topological polar surface area (TPSA) is 85.1 Å². The molecule has 0 radical (unpaired) electrons. The van der Waals surface area contributed by atoms with Crippen LogP contribution in [-0.2, 0) is 4.79 Å². The van der Waals surface area contributed by atoms with Gasteiger partial charge in [0.1, 0.15) is 12.0 Å². The molecule has 7 heteroatoms. The summed E-state index contributed by atoms with van der Waals surface area (Å²) >= 11 is 1.49. The lowest BCUT2D eigenvalue weighted by atomic mass is 10.1. The van der Waals surface area contributed by atoms with Crippen molar-refractivity contribution in [3.8, 4) is 0 Å². The quantitative estimate of drug-likeness (QED) is 0.517. The van der Waals surface area contributed by atoms with E-state index in [1.807, 2.05) is 17.5 Å². The Morgan fingerprint density at radius 1 is 1.47 bits per heavy atom. The van der Waals surface area contributed by atoms with Gasteiger partial charge in [-0.1, -0.05) is 6.07 Å². The lowest BCUT2D eigenvalue weighted by Gasteiger charge is -1.97. The zero-order valence-corrected chi connectivity index (χ0v) is 10.3. The van der Waals surface area contributed by atoms with E-state index in [1.54, 1.807) is 6.08 Å². The van der Waals surface area contributed by atoms with E-state index in [0.717, 1.165) is 11.1 Å². The monoisotopic (exact) mass is 273 g/mol. The second-order valence-corrected chi connectivity index (χ2v) is 4.85. The van der Waals surface area contributed by atoms with Gasteiger partial charge in [-0.2, -0.15) is 0 Å². The van der Waals surface area contributed by atoms with Crippen molar-refractivity contribution in [3.63, 3.8) is 0 Å². The van der Waals surface area contributed by atoms with Gasteiger partial charge in [-0.25, -0.2) is 4.98 Å². The average molecular weight is 273 g/mol. The zero-order chi connectivity index (χ0) is 13.4. The summed E-state index contributed by atoms with van der Waals surface area (Å²) in [6.07, 6.45) is 2.84. The Morgan fingerprint density at radius 3 is 3.00 bits per heavy atom. The number of hydrogen-bond donors (Lipinski definition) is 1. The third-order valence-corrected chi connectivity index (χ3v) is 3.50. The van der Waals surface area contributed by atoms with Crippen LogP contribution in [0.15, 0.2) is 29.8 Å². The standard InChI is InChI=1S/C12H7N3O3S/c16-12-10(5-8-2-1-3-19-8)9-4-7(15(17)18)6-13-11(9)14-12/h1-6H,(H,13,14,16). The number of nitrogens with one attached hydrogen (secondary N) is 1. The molecule has 2 aromatic rings. The van der Waals surface area contributed by atoms with Crippen LogP contribution in [0.5, 0.6) is 0 Å². The summed E-state index contributed by atoms with van der Waals surface area (Å²) < 4.78 is 0. The predicted octanol–water partition coefficient (Wildman–Crippen LogP) is 2.54. The van der Waals surface area contributed by atoms with Gasteiger partial charge in [0.25, 0.3) is 11.6 Å². The fourth-order valence-electron chi connectivity index (χ4n) is 1.81. The first-order valence-corrected chi connectivity index (χ1v) is 6.24. The Kier molecular flexibility index (Phi) is 2.60. The highest BCUT2D eigenvalue weighted by Gasteiger charge is 2.27. The molecule has 0 bridgehead atoms. The van der Waals surface area contributed by atoms with E-state index in [9.17, 15) is 14.9 Å². The van der Waals surface area contributed by atoms with Crippen LogP contribution in [-0.4, -0.2) is 15.8 Å². The fraction of sp³-hybridized carbons (Fsp3) is 0. The zero-order valence-electron chi connectivity index (χ0n) is 9.49. The minimum absolute atomic E-state index is 0.132. The van der Waals surface area contributed by atoms with Gasteiger partial charge in [-0.15, -0.1) is 11.3 Å². The molecule has 0 aromatic carbocycles. The van der Waals surface area contributed by atoms with Crippen LogP contribution in [0.1, 0.15) is 10.4 Å². The maximum absolute atomic E-state index is 11.9. The Morgan fingerprint density at radius 2 is 2.32 bits per heavy atom. The lowest BCUT2D eigenvalue weighted by molar-refractivity contribution is -0.385. The Hall–Kier alpha value is -2.54. The highest BCUT2D eigenvalue weighted by atomic mass is 32.1. The van der Waals surface area contributed by atoms with Crippen molar-refractivity contribution in [2.45, 2.75) is 0 Å². The molecule has 19 heavy (non-hydrogen) atoms. The normalized spacial score (nSPS) is 15.4. The van der Waals surface area contributed by atoms with Crippen molar-refractivity contribution >= 4 is 40.4 Å². The minimum Gasteiger partial charge on any atom is -0.306 e. The first-order chi connectivity index (χ1) is 9.15. The van der Waals surface area contributed by atoms with Crippen LogP contribution < -0.4 is 5.32 Å². The summed E-state index contributed by atoms with van der Waals surface area (Å²) in [6.45, 7) is 0. The van der Waals surface area contributed by atoms with Gasteiger partial charge in [0.15, 0.2) is 0 Å². The number of carbonyl (C=O) groups is 1. The summed E-state index contributed by atoms with van der Waals surface area (Å²) in [6, 6.07) is 5.10. The molecule has 0 fully saturated rings. The van der Waals surface area contributed by atoms with Crippen molar-refractivity contribution in [1.29, 1.82) is 0 Å². The predicted molar refractivity (Wildman–Crippen MR) is 71.7 cm³/mol. The van der Waals surface area contributed by atoms with Crippen LogP contribution in [0, 0.1) is 10.1 Å². The second kappa shape index (κ2) is 4.29. The third kappa shape index (κ3) is 2.00. The Labute approximate surface area is 111 Å². The molecule has 1 N–H and O–H groups in total. The highest BCUT2D eigenvalue weighted by Crippen LogP contribution is 2.34. The molecule has 0 saturated heterocycles. The maximum Gasteiger partial charge on any atom is 0.288 e. The highest BCUT2D eigenvalue weighted by molar-refractivity contribution is 7.11. The van der Waals surface area contributed by atoms with Gasteiger partial charge in [-0.3, -0.25) is 14.9 Å².